The van der Waals surface area contributed by atoms with Crippen LogP contribution in [0.1, 0.15) is 17.5 Å². The van der Waals surface area contributed by atoms with Crippen molar-refractivity contribution >= 4 is 16.9 Å². The molecule has 1 aromatic heterocycles. The van der Waals surface area contributed by atoms with Crippen molar-refractivity contribution in [2.45, 2.75) is 19.4 Å². The molecule has 0 spiro atoms. The molecule has 0 aliphatic rings. The van der Waals surface area contributed by atoms with Crippen LogP contribution in [0.4, 0.5) is 4.39 Å². The van der Waals surface area contributed by atoms with Gasteiger partial charge in [0.1, 0.15) is 11.6 Å². The minimum absolute atomic E-state index is 0.230. The number of ether oxygens (including phenoxy) is 2. The molecular formula is C23H29FN4O2. The minimum Gasteiger partial charge on any atom is -0.497 e. The van der Waals surface area contributed by atoms with Gasteiger partial charge < -0.3 is 25.1 Å². The summed E-state index contributed by atoms with van der Waals surface area (Å²) >= 11 is 0. The lowest BCUT2D eigenvalue weighted by Gasteiger charge is -2.12. The van der Waals surface area contributed by atoms with Crippen molar-refractivity contribution in [3.05, 3.63) is 65.6 Å². The monoisotopic (exact) mass is 412 g/mol. The molecule has 2 aromatic carbocycles. The lowest BCUT2D eigenvalue weighted by Crippen LogP contribution is -2.39. The Morgan fingerprint density at radius 1 is 1.10 bits per heavy atom. The van der Waals surface area contributed by atoms with Crippen molar-refractivity contribution in [2.75, 3.05) is 33.9 Å². The number of methoxy groups -OCH3 is 1. The largest absolute Gasteiger partial charge is 0.497 e. The van der Waals surface area contributed by atoms with E-state index in [1.165, 1.54) is 12.1 Å². The number of hydrogen-bond acceptors (Lipinski definition) is 3. The van der Waals surface area contributed by atoms with E-state index >= 15 is 0 Å². The van der Waals surface area contributed by atoms with Gasteiger partial charge in [0.2, 0.25) is 0 Å². The zero-order chi connectivity index (χ0) is 21.2. The van der Waals surface area contributed by atoms with Crippen LogP contribution in [0.2, 0.25) is 0 Å². The minimum atomic E-state index is -0.230. The Hall–Kier alpha value is -3.06. The molecule has 0 saturated carbocycles. The number of nitrogens with zero attached hydrogens (tertiary/aromatic N) is 1. The van der Waals surface area contributed by atoms with Crippen molar-refractivity contribution in [3.63, 3.8) is 0 Å². The van der Waals surface area contributed by atoms with Crippen molar-refractivity contribution < 1.29 is 13.9 Å². The molecule has 0 fully saturated rings. The number of fused-ring (bicyclic) bond motifs is 1. The molecule has 1 heterocycles. The number of guanidine groups is 1. The van der Waals surface area contributed by atoms with E-state index in [9.17, 15) is 4.39 Å². The highest BCUT2D eigenvalue weighted by molar-refractivity contribution is 5.83. The van der Waals surface area contributed by atoms with Gasteiger partial charge in [0, 0.05) is 43.8 Å². The van der Waals surface area contributed by atoms with Gasteiger partial charge in [-0.25, -0.2) is 4.39 Å². The average molecular weight is 413 g/mol. The van der Waals surface area contributed by atoms with Crippen LogP contribution < -0.4 is 15.4 Å². The summed E-state index contributed by atoms with van der Waals surface area (Å²) in [7, 11) is 3.41. The number of nitrogens with one attached hydrogen (secondary N) is 3. The van der Waals surface area contributed by atoms with Crippen LogP contribution in [0.3, 0.4) is 0 Å². The number of aliphatic imine (C=N–C) groups is 1. The van der Waals surface area contributed by atoms with Crippen LogP contribution in [-0.2, 0) is 17.8 Å². The first-order chi connectivity index (χ1) is 14.7. The molecule has 0 radical (unpaired) electrons. The molecule has 6 nitrogen and oxygen atoms in total. The third-order valence-electron chi connectivity index (χ3n) is 4.83. The predicted molar refractivity (Wildman–Crippen MR) is 119 cm³/mol. The predicted octanol–water partition coefficient (Wildman–Crippen LogP) is 3.63. The summed E-state index contributed by atoms with van der Waals surface area (Å²) in [5.41, 5.74) is 3.10. The maximum absolute atomic E-state index is 13.3. The molecule has 7 heteroatoms. The van der Waals surface area contributed by atoms with E-state index in [4.69, 9.17) is 9.47 Å². The van der Waals surface area contributed by atoms with E-state index in [1.807, 2.05) is 36.5 Å². The lowest BCUT2D eigenvalue weighted by atomic mass is 10.1. The fraction of sp³-hybridized carbons (Fsp3) is 0.348. The molecule has 160 valence electrons. The molecule has 0 unspecified atom stereocenters. The SMILES string of the molecule is CN=C(NCCCOCc1ccc(OC)cc1)NCCc1c[nH]c2cc(F)ccc12. The molecule has 0 amide bonds. The smallest absolute Gasteiger partial charge is 0.190 e. The number of hydrogen-bond donors (Lipinski definition) is 3. The molecule has 0 bridgehead atoms. The third kappa shape index (κ3) is 6.22. The fourth-order valence-electron chi connectivity index (χ4n) is 3.19. The fourth-order valence-corrected chi connectivity index (χ4v) is 3.19. The summed E-state index contributed by atoms with van der Waals surface area (Å²) in [6.07, 6.45) is 3.63. The summed E-state index contributed by atoms with van der Waals surface area (Å²) in [6, 6.07) is 12.7. The van der Waals surface area contributed by atoms with E-state index in [-0.39, 0.29) is 5.82 Å². The zero-order valence-corrected chi connectivity index (χ0v) is 17.5. The molecule has 0 atom stereocenters. The van der Waals surface area contributed by atoms with Crippen molar-refractivity contribution in [1.82, 2.24) is 15.6 Å². The summed E-state index contributed by atoms with van der Waals surface area (Å²) < 4.78 is 24.2. The molecule has 30 heavy (non-hydrogen) atoms. The maximum Gasteiger partial charge on any atom is 0.190 e. The van der Waals surface area contributed by atoms with E-state index in [0.29, 0.717) is 13.2 Å². The molecule has 0 aliphatic carbocycles. The number of benzene rings is 2. The molecule has 3 aromatic rings. The normalized spacial score (nSPS) is 11.6. The third-order valence-corrected chi connectivity index (χ3v) is 4.83. The van der Waals surface area contributed by atoms with Crippen LogP contribution in [0.15, 0.2) is 53.7 Å². The molecular weight excluding hydrogens is 383 g/mol. The van der Waals surface area contributed by atoms with Gasteiger partial charge in [0.05, 0.1) is 13.7 Å². The Labute approximate surface area is 176 Å². The highest BCUT2D eigenvalue weighted by Crippen LogP contribution is 2.19. The summed E-state index contributed by atoms with van der Waals surface area (Å²) in [5, 5.41) is 7.65. The standard InChI is InChI=1S/C23H29FN4O2/c1-25-23(26-11-3-13-30-16-17-4-7-20(29-2)8-5-17)27-12-10-18-15-28-22-14-19(24)6-9-21(18)22/h4-9,14-15,28H,3,10-13,16H2,1-2H3,(H2,25,26,27). The van der Waals surface area contributed by atoms with Gasteiger partial charge in [0.15, 0.2) is 5.96 Å². The Morgan fingerprint density at radius 3 is 2.67 bits per heavy atom. The van der Waals surface area contributed by atoms with Gasteiger partial charge in [-0.15, -0.1) is 0 Å². The van der Waals surface area contributed by atoms with Crippen molar-refractivity contribution in [3.8, 4) is 5.75 Å². The number of aromatic amines is 1. The topological polar surface area (TPSA) is 70.7 Å². The van der Waals surface area contributed by atoms with Crippen LogP contribution in [0.5, 0.6) is 5.75 Å². The Morgan fingerprint density at radius 2 is 1.90 bits per heavy atom. The first-order valence-corrected chi connectivity index (χ1v) is 10.1. The lowest BCUT2D eigenvalue weighted by molar-refractivity contribution is 0.119. The maximum atomic E-state index is 13.3. The van der Waals surface area contributed by atoms with Crippen LogP contribution in [0, 0.1) is 5.82 Å². The summed E-state index contributed by atoms with van der Waals surface area (Å²) in [6.45, 7) is 2.76. The average Bonchev–Trinajstić information content (AvgIpc) is 3.17. The van der Waals surface area contributed by atoms with E-state index < -0.39 is 0 Å². The molecule has 0 aliphatic heterocycles. The second kappa shape index (κ2) is 11.2. The Kier molecular flexibility index (Phi) is 8.09. The number of rotatable bonds is 10. The molecule has 3 N–H and O–H groups in total. The van der Waals surface area contributed by atoms with E-state index in [1.54, 1.807) is 14.2 Å². The van der Waals surface area contributed by atoms with E-state index in [2.05, 4.69) is 20.6 Å². The highest BCUT2D eigenvalue weighted by atomic mass is 19.1. The number of H-pyrrole nitrogens is 1. The Balaban J connectivity index is 1.30. The molecule has 0 saturated heterocycles. The van der Waals surface area contributed by atoms with Gasteiger partial charge in [-0.3, -0.25) is 4.99 Å². The highest BCUT2D eigenvalue weighted by Gasteiger charge is 2.05. The van der Waals surface area contributed by atoms with Crippen molar-refractivity contribution in [2.24, 2.45) is 4.99 Å². The second-order valence-corrected chi connectivity index (χ2v) is 6.93. The quantitative estimate of drug-likeness (QED) is 0.270. The first-order valence-electron chi connectivity index (χ1n) is 10.1. The van der Waals surface area contributed by atoms with Crippen LogP contribution in [-0.4, -0.2) is 44.8 Å². The van der Waals surface area contributed by atoms with Gasteiger partial charge in [-0.2, -0.15) is 0 Å². The van der Waals surface area contributed by atoms with Crippen LogP contribution in [0.25, 0.3) is 10.9 Å². The van der Waals surface area contributed by atoms with Gasteiger partial charge in [0.25, 0.3) is 0 Å². The summed E-state index contributed by atoms with van der Waals surface area (Å²) in [5.74, 6) is 1.38. The van der Waals surface area contributed by atoms with Gasteiger partial charge in [-0.1, -0.05) is 12.1 Å². The van der Waals surface area contributed by atoms with Crippen LogP contribution >= 0.6 is 0 Å². The number of halogens is 1. The van der Waals surface area contributed by atoms with Gasteiger partial charge in [-0.05, 0) is 54.3 Å². The van der Waals surface area contributed by atoms with Gasteiger partial charge >= 0.3 is 0 Å². The van der Waals surface area contributed by atoms with E-state index in [0.717, 1.165) is 59.7 Å². The zero-order valence-electron chi connectivity index (χ0n) is 17.5. The first kappa shape index (κ1) is 21.6. The number of aromatic nitrogens is 1. The summed E-state index contributed by atoms with van der Waals surface area (Å²) in [4.78, 5) is 7.37. The Bertz CT molecular complexity index is 953. The second-order valence-electron chi connectivity index (χ2n) is 6.93. The molecule has 3 rings (SSSR count). The van der Waals surface area contributed by atoms with Crippen molar-refractivity contribution in [1.29, 1.82) is 0 Å².